The molecule has 0 atom stereocenters. The largest absolute Gasteiger partial charge is 0.331 e. The van der Waals surface area contributed by atoms with Crippen LogP contribution in [0, 0.1) is 5.82 Å². The second kappa shape index (κ2) is 4.79. The third kappa shape index (κ3) is 1.92. The van der Waals surface area contributed by atoms with Crippen molar-refractivity contribution in [3.8, 4) is 16.9 Å². The van der Waals surface area contributed by atoms with Crippen molar-refractivity contribution >= 4 is 5.91 Å². The summed E-state index contributed by atoms with van der Waals surface area (Å²) < 4.78 is 38.9. The van der Waals surface area contributed by atoms with Gasteiger partial charge in [0.25, 0.3) is 5.91 Å². The van der Waals surface area contributed by atoms with E-state index in [1.165, 1.54) is 6.07 Å². The van der Waals surface area contributed by atoms with Crippen molar-refractivity contribution in [2.45, 2.75) is 18.4 Å². The van der Waals surface area contributed by atoms with Crippen LogP contribution < -0.4 is 0 Å². The number of carbonyl (C=O) groups is 1. The molecule has 2 aliphatic rings. The van der Waals surface area contributed by atoms with Gasteiger partial charge in [-0.25, -0.2) is 4.39 Å². The van der Waals surface area contributed by atoms with Gasteiger partial charge in [0.05, 0.1) is 23.1 Å². The van der Waals surface area contributed by atoms with E-state index in [0.717, 1.165) is 27.9 Å². The Morgan fingerprint density at radius 2 is 2.12 bits per heavy atom. The maximum atomic E-state index is 13.2. The van der Waals surface area contributed by atoms with Gasteiger partial charge in [0.15, 0.2) is 0 Å². The van der Waals surface area contributed by atoms with Crippen molar-refractivity contribution in [1.29, 1.82) is 0 Å². The van der Waals surface area contributed by atoms with Crippen molar-refractivity contribution in [1.82, 2.24) is 14.5 Å². The van der Waals surface area contributed by atoms with Crippen molar-refractivity contribution in [2.24, 2.45) is 0 Å². The van der Waals surface area contributed by atoms with Crippen molar-refractivity contribution in [3.63, 3.8) is 0 Å². The maximum Gasteiger partial charge on any atom is 0.271 e. The second-order valence-corrected chi connectivity index (χ2v) is 6.53. The Balaban J connectivity index is 1.76. The number of halogens is 1. The fourth-order valence-corrected chi connectivity index (χ4v) is 3.64. The lowest BCUT2D eigenvalue weighted by Gasteiger charge is -2.27. The molecular weight excluding hydrogens is 317 g/mol. The summed E-state index contributed by atoms with van der Waals surface area (Å²) in [6, 6.07) is 11.9. The Kier molecular flexibility index (Phi) is 2.22. The van der Waals surface area contributed by atoms with Gasteiger partial charge in [-0.05, 0) is 43.2 Å². The summed E-state index contributed by atoms with van der Waals surface area (Å²) in [5, 5.41) is 0. The minimum Gasteiger partial charge on any atom is -0.331 e. The monoisotopic (exact) mass is 336 g/mol. The zero-order chi connectivity index (χ0) is 19.7. The number of nitrogens with zero attached hydrogens (tertiary/aromatic N) is 3. The molecule has 0 N–H and O–H groups in total. The Bertz CT molecular complexity index is 1100. The summed E-state index contributed by atoms with van der Waals surface area (Å²) in [5.41, 5.74) is 2.41. The topological polar surface area (TPSA) is 38.1 Å². The molecule has 4 nitrogen and oxygen atoms in total. The van der Waals surface area contributed by atoms with Crippen LogP contribution >= 0.6 is 0 Å². The van der Waals surface area contributed by atoms with Crippen LogP contribution in [-0.4, -0.2) is 27.3 Å². The third-order valence-electron chi connectivity index (χ3n) is 5.10. The molecule has 124 valence electrons. The highest BCUT2D eigenvalue weighted by Crippen LogP contribution is 2.54. The molecule has 1 amide bonds. The molecule has 2 aromatic heterocycles. The zero-order valence-corrected chi connectivity index (χ0v) is 13.2. The molecule has 1 spiro atoms. The van der Waals surface area contributed by atoms with Crippen LogP contribution in [0.2, 0.25) is 0 Å². The maximum absolute atomic E-state index is 13.2. The predicted octanol–water partition coefficient (Wildman–Crippen LogP) is 3.75. The number of rotatable bonds is 1. The first kappa shape index (κ1) is 11.6. The summed E-state index contributed by atoms with van der Waals surface area (Å²) in [7, 11) is 0. The summed E-state index contributed by atoms with van der Waals surface area (Å²) in [5.74, 6) is -0.915. The molecule has 1 aliphatic heterocycles. The van der Waals surface area contributed by atoms with E-state index >= 15 is 0 Å². The molecule has 0 radical (unpaired) electrons. The zero-order valence-electron chi connectivity index (χ0n) is 16.2. The lowest BCUT2D eigenvalue weighted by molar-refractivity contribution is 0.0705. The first-order chi connectivity index (χ1) is 13.3. The molecule has 5 rings (SSSR count). The number of benzene rings is 1. The number of hydrogen-bond donors (Lipinski definition) is 0. The van der Waals surface area contributed by atoms with Crippen LogP contribution in [0.15, 0.2) is 54.9 Å². The van der Waals surface area contributed by atoms with Gasteiger partial charge in [-0.15, -0.1) is 0 Å². The van der Waals surface area contributed by atoms with E-state index in [4.69, 9.17) is 4.11 Å². The Hall–Kier alpha value is -2.95. The first-order valence-electron chi connectivity index (χ1n) is 9.60. The summed E-state index contributed by atoms with van der Waals surface area (Å²) in [6.45, 7) is -2.54. The van der Waals surface area contributed by atoms with Gasteiger partial charge in [-0.1, -0.05) is 12.1 Å². The molecule has 25 heavy (non-hydrogen) atoms. The van der Waals surface area contributed by atoms with Gasteiger partial charge in [-0.2, -0.15) is 0 Å². The predicted molar refractivity (Wildman–Crippen MR) is 92.0 cm³/mol. The van der Waals surface area contributed by atoms with Gasteiger partial charge >= 0.3 is 0 Å². The minimum atomic E-state index is -2.54. The smallest absolute Gasteiger partial charge is 0.271 e. The van der Waals surface area contributed by atoms with E-state index in [1.807, 2.05) is 18.2 Å². The number of fused-ring (bicyclic) bond motifs is 4. The molecule has 5 heteroatoms. The molecule has 3 aromatic rings. The van der Waals surface area contributed by atoms with Gasteiger partial charge in [0, 0.05) is 28.4 Å². The van der Waals surface area contributed by atoms with Crippen LogP contribution in [0.4, 0.5) is 4.39 Å². The Morgan fingerprint density at radius 1 is 1.24 bits per heavy atom. The lowest BCUT2D eigenvalue weighted by atomic mass is 9.98. The third-order valence-corrected chi connectivity index (χ3v) is 5.10. The highest BCUT2D eigenvalue weighted by molar-refractivity contribution is 5.95. The van der Waals surface area contributed by atoms with Crippen LogP contribution in [0.5, 0.6) is 0 Å². The van der Waals surface area contributed by atoms with E-state index in [2.05, 4.69) is 4.98 Å². The summed E-state index contributed by atoms with van der Waals surface area (Å²) >= 11 is 0. The van der Waals surface area contributed by atoms with E-state index in [9.17, 15) is 9.18 Å². The van der Waals surface area contributed by atoms with E-state index in [1.54, 1.807) is 29.0 Å². The van der Waals surface area contributed by atoms with Gasteiger partial charge in [-0.3, -0.25) is 9.78 Å². The average Bonchev–Trinajstić information content (AvgIpc) is 3.28. The fourth-order valence-electron chi connectivity index (χ4n) is 3.64. The Labute approximate surface area is 148 Å². The highest BCUT2D eigenvalue weighted by atomic mass is 19.1. The number of pyridine rings is 1. The van der Waals surface area contributed by atoms with Crippen LogP contribution in [-0.2, 0) is 5.54 Å². The van der Waals surface area contributed by atoms with Gasteiger partial charge in [0.2, 0.25) is 0 Å². The fraction of sp³-hybridized carbons (Fsp3) is 0.200. The molecule has 0 saturated heterocycles. The van der Waals surface area contributed by atoms with Crippen molar-refractivity contribution < 1.29 is 13.3 Å². The summed E-state index contributed by atoms with van der Waals surface area (Å²) in [4.78, 5) is 18.3. The van der Waals surface area contributed by atoms with Crippen LogP contribution in [0.25, 0.3) is 16.9 Å². The molecule has 0 bridgehead atoms. The lowest BCUT2D eigenvalue weighted by Crippen LogP contribution is -2.36. The summed E-state index contributed by atoms with van der Waals surface area (Å²) in [6.07, 6.45) is 4.11. The molecule has 1 aliphatic carbocycles. The minimum absolute atomic E-state index is 0.311. The number of amides is 1. The van der Waals surface area contributed by atoms with Crippen molar-refractivity contribution in [2.75, 3.05) is 6.98 Å². The Morgan fingerprint density at radius 3 is 2.84 bits per heavy atom. The molecule has 0 unspecified atom stereocenters. The standard InChI is InChI=1S/C20H16FN3O/c1-23-19(25)17-3-2-10-24(17)18-11-13(16-7-5-14(21)12-22-16)4-6-15(18)20(23)8-9-20/h2-7,10-12H,8-9H2,1H3/i1D3. The molecular formula is C20H16FN3O. The van der Waals surface area contributed by atoms with Gasteiger partial charge in [0.1, 0.15) is 11.5 Å². The number of hydrogen-bond acceptors (Lipinski definition) is 2. The number of carbonyl (C=O) groups excluding carboxylic acids is 1. The van der Waals surface area contributed by atoms with Crippen molar-refractivity contribution in [3.05, 3.63) is 71.9 Å². The quantitative estimate of drug-likeness (QED) is 0.679. The van der Waals surface area contributed by atoms with E-state index in [-0.39, 0.29) is 0 Å². The first-order valence-corrected chi connectivity index (χ1v) is 8.10. The number of aromatic nitrogens is 2. The van der Waals surface area contributed by atoms with Crippen LogP contribution in [0.1, 0.15) is 33.0 Å². The van der Waals surface area contributed by atoms with Crippen LogP contribution in [0.3, 0.4) is 0 Å². The normalized spacial score (nSPS) is 19.5. The molecule has 1 saturated carbocycles. The second-order valence-electron chi connectivity index (χ2n) is 6.53. The molecule has 1 fully saturated rings. The van der Waals surface area contributed by atoms with E-state index < -0.39 is 24.2 Å². The average molecular weight is 336 g/mol. The molecule has 3 heterocycles. The SMILES string of the molecule is [2H]C([2H])([2H])N1C(=O)c2cccn2-c2cc(-c3ccc(F)cn3)ccc2C12CC2. The van der Waals surface area contributed by atoms with E-state index in [0.29, 0.717) is 24.2 Å². The molecule has 1 aromatic carbocycles. The highest BCUT2D eigenvalue weighted by Gasteiger charge is 2.53. The van der Waals surface area contributed by atoms with Gasteiger partial charge < -0.3 is 9.47 Å².